The van der Waals surface area contributed by atoms with Crippen molar-refractivity contribution in [2.24, 2.45) is 0 Å². The van der Waals surface area contributed by atoms with E-state index in [-0.39, 0.29) is 30.2 Å². The third kappa shape index (κ3) is 3.55. The summed E-state index contributed by atoms with van der Waals surface area (Å²) in [4.78, 5) is 31.9. The van der Waals surface area contributed by atoms with Gasteiger partial charge in [-0.05, 0) is 44.9 Å². The van der Waals surface area contributed by atoms with Crippen molar-refractivity contribution in [2.75, 3.05) is 13.1 Å². The van der Waals surface area contributed by atoms with Crippen LogP contribution in [0, 0.1) is 13.8 Å². The van der Waals surface area contributed by atoms with Gasteiger partial charge in [-0.2, -0.15) is 5.10 Å². The molecule has 8 nitrogen and oxygen atoms in total. The smallest absolute Gasteiger partial charge is 0.264 e. The Morgan fingerprint density at radius 1 is 1.21 bits per heavy atom. The molecule has 1 aliphatic rings. The Hall–Kier alpha value is -3.00. The Labute approximate surface area is 168 Å². The minimum absolute atomic E-state index is 0.0178. The van der Waals surface area contributed by atoms with E-state index in [4.69, 9.17) is 4.74 Å². The molecule has 3 heterocycles. The molecule has 0 spiro atoms. The lowest BCUT2D eigenvalue weighted by molar-refractivity contribution is -0.143. The number of aromatic nitrogens is 4. The van der Waals surface area contributed by atoms with Gasteiger partial charge < -0.3 is 9.64 Å². The third-order valence-electron chi connectivity index (χ3n) is 5.44. The van der Waals surface area contributed by atoms with Crippen LogP contribution in [-0.2, 0) is 16.1 Å². The number of nitrogens with zero attached hydrogens (tertiary/aromatic N) is 5. The maximum Gasteiger partial charge on any atom is 0.264 e. The summed E-state index contributed by atoms with van der Waals surface area (Å²) in [5.41, 5.74) is 3.32. The highest BCUT2D eigenvalue weighted by atomic mass is 16.5. The van der Waals surface area contributed by atoms with Crippen molar-refractivity contribution in [1.82, 2.24) is 24.2 Å². The number of carbonyl (C=O) groups is 1. The fraction of sp³-hybridized carbons (Fsp3) is 0.429. The van der Waals surface area contributed by atoms with Crippen molar-refractivity contribution in [1.29, 1.82) is 0 Å². The van der Waals surface area contributed by atoms with Crippen molar-refractivity contribution in [3.8, 4) is 5.69 Å². The van der Waals surface area contributed by atoms with Gasteiger partial charge in [0, 0.05) is 13.1 Å². The number of aryl methyl sites for hydroxylation is 1. The average Bonchev–Trinajstić information content (AvgIpc) is 3.10. The predicted octanol–water partition coefficient (Wildman–Crippen LogP) is 1.83. The maximum absolute atomic E-state index is 12.9. The van der Waals surface area contributed by atoms with Gasteiger partial charge in [-0.25, -0.2) is 9.67 Å². The normalized spacial score (nSPS) is 19.7. The molecule has 3 aromatic rings. The third-order valence-corrected chi connectivity index (χ3v) is 5.44. The molecule has 0 aliphatic carbocycles. The molecule has 1 aliphatic heterocycles. The first-order valence-corrected chi connectivity index (χ1v) is 9.78. The molecule has 0 saturated carbocycles. The lowest BCUT2D eigenvalue weighted by atomic mass is 10.1. The Kier molecular flexibility index (Phi) is 4.96. The van der Waals surface area contributed by atoms with Gasteiger partial charge in [0.1, 0.15) is 18.3 Å². The van der Waals surface area contributed by atoms with Crippen LogP contribution in [0.5, 0.6) is 0 Å². The zero-order chi connectivity index (χ0) is 20.7. The molecule has 1 fully saturated rings. The van der Waals surface area contributed by atoms with E-state index < -0.39 is 0 Å². The summed E-state index contributed by atoms with van der Waals surface area (Å²) >= 11 is 0. The second-order valence-corrected chi connectivity index (χ2v) is 7.75. The van der Waals surface area contributed by atoms with Crippen LogP contribution in [0.4, 0.5) is 0 Å². The number of fused-ring (bicyclic) bond motifs is 1. The number of carbonyl (C=O) groups excluding carboxylic acids is 1. The van der Waals surface area contributed by atoms with E-state index in [9.17, 15) is 9.59 Å². The molecule has 1 saturated heterocycles. The zero-order valence-corrected chi connectivity index (χ0v) is 17.1. The summed E-state index contributed by atoms with van der Waals surface area (Å²) in [6.07, 6.45) is 2.91. The molecule has 2 aromatic heterocycles. The molecule has 0 N–H and O–H groups in total. The topological polar surface area (TPSA) is 82.2 Å². The van der Waals surface area contributed by atoms with Crippen LogP contribution in [0.15, 0.2) is 35.5 Å². The van der Waals surface area contributed by atoms with Crippen molar-refractivity contribution < 1.29 is 9.53 Å². The first kappa shape index (κ1) is 19.3. The summed E-state index contributed by atoms with van der Waals surface area (Å²) in [7, 11) is 0. The number of morpholine rings is 1. The number of amides is 1. The SMILES string of the molecule is Cc1cccc(-n2ncc3c(=O)n(CC(=O)N4C[C@@H](C)O[C@H](C)C4)cnc32)c1C. The van der Waals surface area contributed by atoms with Crippen LogP contribution in [0.3, 0.4) is 0 Å². The van der Waals surface area contributed by atoms with Crippen molar-refractivity contribution in [3.05, 3.63) is 52.2 Å². The highest BCUT2D eigenvalue weighted by molar-refractivity contribution is 5.78. The molecule has 4 rings (SSSR count). The highest BCUT2D eigenvalue weighted by Crippen LogP contribution is 2.20. The molecule has 0 unspecified atom stereocenters. The number of benzene rings is 1. The summed E-state index contributed by atoms with van der Waals surface area (Å²) in [6.45, 7) is 8.94. The van der Waals surface area contributed by atoms with Gasteiger partial charge in [0.05, 0.1) is 24.1 Å². The fourth-order valence-corrected chi connectivity index (χ4v) is 3.83. The Balaban J connectivity index is 1.65. The minimum Gasteiger partial charge on any atom is -0.372 e. The summed E-state index contributed by atoms with van der Waals surface area (Å²) in [5, 5.41) is 4.78. The largest absolute Gasteiger partial charge is 0.372 e. The van der Waals surface area contributed by atoms with Gasteiger partial charge >= 0.3 is 0 Å². The average molecular weight is 395 g/mol. The van der Waals surface area contributed by atoms with Crippen LogP contribution < -0.4 is 5.56 Å². The van der Waals surface area contributed by atoms with E-state index in [1.54, 1.807) is 9.58 Å². The van der Waals surface area contributed by atoms with Gasteiger partial charge in [-0.15, -0.1) is 0 Å². The lowest BCUT2D eigenvalue weighted by Crippen LogP contribution is -2.49. The van der Waals surface area contributed by atoms with E-state index in [0.717, 1.165) is 16.8 Å². The van der Waals surface area contributed by atoms with Crippen LogP contribution in [0.2, 0.25) is 0 Å². The quantitative estimate of drug-likeness (QED) is 0.676. The van der Waals surface area contributed by atoms with Gasteiger partial charge in [-0.3, -0.25) is 14.2 Å². The van der Waals surface area contributed by atoms with Crippen LogP contribution >= 0.6 is 0 Å². The number of rotatable bonds is 3. The Morgan fingerprint density at radius 3 is 2.66 bits per heavy atom. The fourth-order valence-electron chi connectivity index (χ4n) is 3.83. The van der Waals surface area contributed by atoms with Crippen LogP contribution in [0.1, 0.15) is 25.0 Å². The second-order valence-electron chi connectivity index (χ2n) is 7.75. The van der Waals surface area contributed by atoms with E-state index in [1.807, 2.05) is 45.9 Å². The molecular weight excluding hydrogens is 370 g/mol. The zero-order valence-electron chi connectivity index (χ0n) is 17.1. The molecule has 152 valence electrons. The predicted molar refractivity (Wildman–Crippen MR) is 109 cm³/mol. The molecule has 29 heavy (non-hydrogen) atoms. The van der Waals surface area contributed by atoms with Crippen molar-refractivity contribution in [3.63, 3.8) is 0 Å². The molecular formula is C21H25N5O3. The first-order valence-electron chi connectivity index (χ1n) is 9.78. The number of hydrogen-bond donors (Lipinski definition) is 0. The van der Waals surface area contributed by atoms with E-state index >= 15 is 0 Å². The van der Waals surface area contributed by atoms with Gasteiger partial charge in [0.2, 0.25) is 5.91 Å². The second kappa shape index (κ2) is 7.44. The monoisotopic (exact) mass is 395 g/mol. The molecule has 0 bridgehead atoms. The molecule has 1 aromatic carbocycles. The molecule has 2 atom stereocenters. The van der Waals surface area contributed by atoms with Gasteiger partial charge in [-0.1, -0.05) is 12.1 Å². The molecule has 8 heteroatoms. The Morgan fingerprint density at radius 2 is 1.93 bits per heavy atom. The van der Waals surface area contributed by atoms with E-state index in [2.05, 4.69) is 10.1 Å². The summed E-state index contributed by atoms with van der Waals surface area (Å²) in [6, 6.07) is 5.94. The standard InChI is InChI=1S/C21H25N5O3/c1-13-6-5-7-18(16(13)4)26-20-17(8-23-26)21(28)25(12-22-20)11-19(27)24-9-14(2)29-15(3)10-24/h5-8,12,14-15H,9-11H2,1-4H3/t14-,15-/m1/s1. The Bertz CT molecular complexity index is 1120. The van der Waals surface area contributed by atoms with Crippen molar-refractivity contribution in [2.45, 2.75) is 46.4 Å². The van der Waals surface area contributed by atoms with Gasteiger partial charge in [0.25, 0.3) is 5.56 Å². The van der Waals surface area contributed by atoms with E-state index in [0.29, 0.717) is 24.1 Å². The first-order chi connectivity index (χ1) is 13.8. The summed E-state index contributed by atoms with van der Waals surface area (Å²) < 4.78 is 8.70. The van der Waals surface area contributed by atoms with Crippen LogP contribution in [0.25, 0.3) is 16.7 Å². The van der Waals surface area contributed by atoms with Crippen molar-refractivity contribution >= 4 is 16.9 Å². The molecule has 1 amide bonds. The minimum atomic E-state index is -0.269. The number of ether oxygens (including phenoxy) is 1. The highest BCUT2D eigenvalue weighted by Gasteiger charge is 2.26. The lowest BCUT2D eigenvalue weighted by Gasteiger charge is -2.35. The van der Waals surface area contributed by atoms with E-state index in [1.165, 1.54) is 17.1 Å². The number of hydrogen-bond acceptors (Lipinski definition) is 5. The maximum atomic E-state index is 12.9. The van der Waals surface area contributed by atoms with Crippen LogP contribution in [-0.4, -0.2) is 55.4 Å². The summed E-state index contributed by atoms with van der Waals surface area (Å²) in [5.74, 6) is -0.114. The molecule has 0 radical (unpaired) electrons. The van der Waals surface area contributed by atoms with Gasteiger partial charge in [0.15, 0.2) is 5.65 Å².